The topological polar surface area (TPSA) is 61.9 Å². The number of nitrogens with two attached hydrogens (primary N) is 1. The van der Waals surface area contributed by atoms with E-state index in [9.17, 15) is 4.79 Å². The van der Waals surface area contributed by atoms with Gasteiger partial charge in [-0.1, -0.05) is 50.1 Å². The number of unbranched alkanes of at least 4 members (excludes halogenated alkanes) is 1. The van der Waals surface area contributed by atoms with Crippen molar-refractivity contribution in [3.8, 4) is 0 Å². The second kappa shape index (κ2) is 8.21. The Labute approximate surface area is 157 Å². The van der Waals surface area contributed by atoms with Crippen molar-refractivity contribution >= 4 is 11.7 Å². The zero-order chi connectivity index (χ0) is 18.6. The zero-order valence-corrected chi connectivity index (χ0v) is 16.2. The van der Waals surface area contributed by atoms with Crippen LogP contribution in [0, 0.1) is 5.92 Å². The molecule has 0 saturated carbocycles. The molecule has 1 aromatic carbocycles. The quantitative estimate of drug-likeness (QED) is 0.852. The van der Waals surface area contributed by atoms with Crippen LogP contribution in [0.5, 0.6) is 0 Å². The van der Waals surface area contributed by atoms with Gasteiger partial charge in [0.25, 0.3) is 5.91 Å². The van der Waals surface area contributed by atoms with Crippen LogP contribution in [-0.2, 0) is 11.3 Å². The van der Waals surface area contributed by atoms with Crippen molar-refractivity contribution in [2.45, 2.75) is 51.1 Å². The van der Waals surface area contributed by atoms with E-state index in [0.717, 1.165) is 51.7 Å². The number of benzene rings is 1. The van der Waals surface area contributed by atoms with Crippen LogP contribution in [0.3, 0.4) is 0 Å². The summed E-state index contributed by atoms with van der Waals surface area (Å²) in [6, 6.07) is 10.6. The van der Waals surface area contributed by atoms with Crippen LogP contribution in [-0.4, -0.2) is 53.8 Å². The van der Waals surface area contributed by atoms with E-state index >= 15 is 0 Å². The lowest BCUT2D eigenvalue weighted by Crippen LogP contribution is -2.60. The van der Waals surface area contributed by atoms with E-state index in [0.29, 0.717) is 12.4 Å². The van der Waals surface area contributed by atoms with Crippen molar-refractivity contribution in [2.75, 3.05) is 26.7 Å². The molecule has 0 bridgehead atoms. The number of carbonyl (C=O) groups excluding carboxylic acids is 1. The second-order valence-corrected chi connectivity index (χ2v) is 7.85. The average molecular weight is 357 g/mol. The van der Waals surface area contributed by atoms with E-state index in [1.807, 2.05) is 7.05 Å². The van der Waals surface area contributed by atoms with Gasteiger partial charge in [0, 0.05) is 26.1 Å². The molecule has 0 spiro atoms. The summed E-state index contributed by atoms with van der Waals surface area (Å²) in [6.07, 6.45) is 5.03. The molecule has 2 heterocycles. The third kappa shape index (κ3) is 3.93. The molecule has 142 valence electrons. The predicted octanol–water partition coefficient (Wildman–Crippen LogP) is 2.66. The van der Waals surface area contributed by atoms with Gasteiger partial charge in [0.2, 0.25) is 0 Å². The lowest BCUT2D eigenvalue weighted by molar-refractivity contribution is -0.139. The molecule has 2 atom stereocenters. The SMILES string of the molecule is CCCCC1([C@@H]2CCCN(Cc3ccccc3)C2)N=C(N)CN(C)C1=O. The van der Waals surface area contributed by atoms with Crippen LogP contribution in [0.1, 0.15) is 44.6 Å². The molecule has 3 rings (SSSR count). The Morgan fingerprint density at radius 1 is 1.31 bits per heavy atom. The lowest BCUT2D eigenvalue weighted by atomic mass is 9.74. The fourth-order valence-corrected chi connectivity index (χ4v) is 4.49. The maximum Gasteiger partial charge on any atom is 0.251 e. The molecule has 26 heavy (non-hydrogen) atoms. The van der Waals surface area contributed by atoms with Gasteiger partial charge in [0.15, 0.2) is 0 Å². The molecule has 2 aliphatic rings. The number of aliphatic imine (C=N–C) groups is 1. The van der Waals surface area contributed by atoms with Crippen LogP contribution < -0.4 is 5.73 Å². The summed E-state index contributed by atoms with van der Waals surface area (Å²) in [5.74, 6) is 0.996. The van der Waals surface area contributed by atoms with Crippen LogP contribution in [0.4, 0.5) is 0 Å². The number of likely N-dealkylation sites (N-methyl/N-ethyl adjacent to an activating group) is 1. The maximum atomic E-state index is 13.2. The molecule has 1 saturated heterocycles. The number of amides is 1. The third-order valence-corrected chi connectivity index (χ3v) is 5.80. The highest BCUT2D eigenvalue weighted by atomic mass is 16.2. The number of hydrogen-bond donors (Lipinski definition) is 1. The highest BCUT2D eigenvalue weighted by Gasteiger charge is 2.49. The van der Waals surface area contributed by atoms with E-state index in [-0.39, 0.29) is 11.8 Å². The van der Waals surface area contributed by atoms with E-state index in [4.69, 9.17) is 10.7 Å². The first-order valence-electron chi connectivity index (χ1n) is 9.91. The minimum Gasteiger partial charge on any atom is -0.386 e. The van der Waals surface area contributed by atoms with Gasteiger partial charge < -0.3 is 10.6 Å². The van der Waals surface area contributed by atoms with E-state index in [2.05, 4.69) is 42.2 Å². The molecule has 5 heteroatoms. The molecular formula is C21H32N4O. The fourth-order valence-electron chi connectivity index (χ4n) is 4.49. The minimum atomic E-state index is -0.664. The van der Waals surface area contributed by atoms with Gasteiger partial charge in [-0.2, -0.15) is 0 Å². The molecule has 0 aliphatic carbocycles. The Balaban J connectivity index is 1.82. The monoisotopic (exact) mass is 356 g/mol. The number of hydrogen-bond acceptors (Lipinski definition) is 4. The summed E-state index contributed by atoms with van der Waals surface area (Å²) in [5, 5.41) is 0. The molecule has 5 nitrogen and oxygen atoms in total. The summed E-state index contributed by atoms with van der Waals surface area (Å²) >= 11 is 0. The zero-order valence-electron chi connectivity index (χ0n) is 16.2. The molecule has 1 fully saturated rings. The number of nitrogens with zero attached hydrogens (tertiary/aromatic N) is 3. The van der Waals surface area contributed by atoms with E-state index < -0.39 is 5.54 Å². The summed E-state index contributed by atoms with van der Waals surface area (Å²) in [5.41, 5.74) is 6.80. The summed E-state index contributed by atoms with van der Waals surface area (Å²) < 4.78 is 0. The fraction of sp³-hybridized carbons (Fsp3) is 0.619. The lowest BCUT2D eigenvalue weighted by Gasteiger charge is -2.46. The Morgan fingerprint density at radius 2 is 2.08 bits per heavy atom. The van der Waals surface area contributed by atoms with Gasteiger partial charge in [-0.3, -0.25) is 14.7 Å². The number of carbonyl (C=O) groups is 1. The maximum absolute atomic E-state index is 13.2. The summed E-state index contributed by atoms with van der Waals surface area (Å²) in [6.45, 7) is 5.55. The molecule has 2 N–H and O–H groups in total. The Morgan fingerprint density at radius 3 is 2.81 bits per heavy atom. The van der Waals surface area contributed by atoms with Gasteiger partial charge in [-0.15, -0.1) is 0 Å². The summed E-state index contributed by atoms with van der Waals surface area (Å²) in [4.78, 5) is 22.3. The normalized spacial score (nSPS) is 27.5. The largest absolute Gasteiger partial charge is 0.386 e. The van der Waals surface area contributed by atoms with Crippen molar-refractivity contribution in [1.82, 2.24) is 9.80 Å². The third-order valence-electron chi connectivity index (χ3n) is 5.80. The van der Waals surface area contributed by atoms with E-state index in [1.165, 1.54) is 5.56 Å². The number of rotatable bonds is 6. The molecule has 0 radical (unpaired) electrons. The number of piperidine rings is 1. The van der Waals surface area contributed by atoms with Gasteiger partial charge in [0.1, 0.15) is 11.4 Å². The molecule has 2 aliphatic heterocycles. The first-order valence-corrected chi connectivity index (χ1v) is 9.91. The minimum absolute atomic E-state index is 0.159. The first kappa shape index (κ1) is 18.9. The van der Waals surface area contributed by atoms with Gasteiger partial charge in [0.05, 0.1) is 6.54 Å². The van der Waals surface area contributed by atoms with Crippen LogP contribution in [0.2, 0.25) is 0 Å². The van der Waals surface area contributed by atoms with E-state index in [1.54, 1.807) is 4.90 Å². The first-order chi connectivity index (χ1) is 12.5. The number of amidine groups is 1. The van der Waals surface area contributed by atoms with Gasteiger partial charge in [-0.05, 0) is 31.4 Å². The van der Waals surface area contributed by atoms with Crippen molar-refractivity contribution in [2.24, 2.45) is 16.6 Å². The van der Waals surface area contributed by atoms with Crippen LogP contribution in [0.25, 0.3) is 0 Å². The molecular weight excluding hydrogens is 324 g/mol. The molecule has 0 aromatic heterocycles. The second-order valence-electron chi connectivity index (χ2n) is 7.85. The van der Waals surface area contributed by atoms with Crippen LogP contribution >= 0.6 is 0 Å². The molecule has 1 amide bonds. The van der Waals surface area contributed by atoms with Crippen molar-refractivity contribution in [3.63, 3.8) is 0 Å². The Hall–Kier alpha value is -1.88. The summed E-state index contributed by atoms with van der Waals surface area (Å²) in [7, 11) is 1.86. The smallest absolute Gasteiger partial charge is 0.251 e. The van der Waals surface area contributed by atoms with Crippen LogP contribution in [0.15, 0.2) is 35.3 Å². The standard InChI is InChI=1S/C21H32N4O/c1-3-4-12-21(20(26)24(2)16-19(22)23-21)18-11-8-13-25(15-18)14-17-9-6-5-7-10-17/h5-7,9-10,18H,3-4,8,11-16H2,1-2H3,(H2,22,23)/t18-,21?/m1/s1. The highest BCUT2D eigenvalue weighted by molar-refractivity contribution is 5.98. The average Bonchev–Trinajstić information content (AvgIpc) is 2.64. The van der Waals surface area contributed by atoms with Gasteiger partial charge in [-0.25, -0.2) is 0 Å². The molecule has 1 aromatic rings. The predicted molar refractivity (Wildman–Crippen MR) is 106 cm³/mol. The van der Waals surface area contributed by atoms with Crippen molar-refractivity contribution in [1.29, 1.82) is 0 Å². The number of likely N-dealkylation sites (tertiary alicyclic amines) is 1. The van der Waals surface area contributed by atoms with Crippen molar-refractivity contribution in [3.05, 3.63) is 35.9 Å². The molecule has 1 unspecified atom stereocenters. The van der Waals surface area contributed by atoms with Gasteiger partial charge >= 0.3 is 0 Å². The van der Waals surface area contributed by atoms with Crippen molar-refractivity contribution < 1.29 is 4.79 Å². The Kier molecular flexibility index (Phi) is 5.97. The highest BCUT2D eigenvalue weighted by Crippen LogP contribution is 2.38. The Bertz CT molecular complexity index is 645.